The summed E-state index contributed by atoms with van der Waals surface area (Å²) in [5.41, 5.74) is 3.91. The molecule has 0 aliphatic carbocycles. The number of benzene rings is 1. The zero-order valence-electron chi connectivity index (χ0n) is 12.2. The Morgan fingerprint density at radius 1 is 1.20 bits per heavy atom. The molecule has 0 bridgehead atoms. The average Bonchev–Trinajstić information content (AvgIpc) is 2.42. The fraction of sp³-hybridized carbons (Fsp3) is 0.375. The van der Waals surface area contributed by atoms with Gasteiger partial charge in [0, 0.05) is 6.20 Å². The van der Waals surface area contributed by atoms with Crippen molar-refractivity contribution in [2.75, 3.05) is 6.54 Å². The van der Waals surface area contributed by atoms with Gasteiger partial charge >= 0.3 is 0 Å². The summed E-state index contributed by atoms with van der Waals surface area (Å²) < 4.78 is 13.2. The van der Waals surface area contributed by atoms with E-state index in [4.69, 9.17) is 0 Å². The van der Waals surface area contributed by atoms with Crippen LogP contribution in [0.4, 0.5) is 4.39 Å². The number of hydrogen-bond donors (Lipinski definition) is 1. The van der Waals surface area contributed by atoms with Crippen LogP contribution in [0, 0.1) is 19.7 Å². The summed E-state index contributed by atoms with van der Waals surface area (Å²) in [5, 5.41) is 3.41. The van der Waals surface area contributed by atoms with Gasteiger partial charge in [0.15, 0.2) is 0 Å². The molecule has 0 spiro atoms. The number of hydrogen-bond acceptors (Lipinski definition) is 3. The highest BCUT2D eigenvalue weighted by Crippen LogP contribution is 2.19. The van der Waals surface area contributed by atoms with Gasteiger partial charge in [0.05, 0.1) is 23.6 Å². The van der Waals surface area contributed by atoms with E-state index in [1.165, 1.54) is 6.07 Å². The third-order valence-corrected chi connectivity index (χ3v) is 3.34. The third-order valence-electron chi connectivity index (χ3n) is 3.34. The SMILES string of the molecule is CCNC(Cc1ccc(F)cc1C)c1cnc(C)cn1. The zero-order valence-corrected chi connectivity index (χ0v) is 12.2. The highest BCUT2D eigenvalue weighted by molar-refractivity contribution is 5.28. The highest BCUT2D eigenvalue weighted by Gasteiger charge is 2.14. The van der Waals surface area contributed by atoms with Crippen molar-refractivity contribution in [1.82, 2.24) is 15.3 Å². The smallest absolute Gasteiger partial charge is 0.123 e. The number of halogens is 1. The molecule has 20 heavy (non-hydrogen) atoms. The molecule has 2 rings (SSSR count). The minimum Gasteiger partial charge on any atom is -0.309 e. The molecule has 1 aromatic carbocycles. The normalized spacial score (nSPS) is 12.4. The number of rotatable bonds is 5. The predicted molar refractivity (Wildman–Crippen MR) is 78.0 cm³/mol. The minimum absolute atomic E-state index is 0.0947. The maximum atomic E-state index is 13.2. The van der Waals surface area contributed by atoms with Crippen molar-refractivity contribution in [2.45, 2.75) is 33.2 Å². The largest absolute Gasteiger partial charge is 0.309 e. The Morgan fingerprint density at radius 3 is 2.60 bits per heavy atom. The Kier molecular flexibility index (Phi) is 4.79. The van der Waals surface area contributed by atoms with Crippen molar-refractivity contribution in [3.63, 3.8) is 0 Å². The van der Waals surface area contributed by atoms with Crippen LogP contribution in [-0.2, 0) is 6.42 Å². The summed E-state index contributed by atoms with van der Waals surface area (Å²) in [7, 11) is 0. The topological polar surface area (TPSA) is 37.8 Å². The van der Waals surface area contributed by atoms with Crippen LogP contribution in [-0.4, -0.2) is 16.5 Å². The van der Waals surface area contributed by atoms with Gasteiger partial charge in [-0.15, -0.1) is 0 Å². The average molecular weight is 273 g/mol. The van der Waals surface area contributed by atoms with E-state index in [-0.39, 0.29) is 11.9 Å². The summed E-state index contributed by atoms with van der Waals surface area (Å²) in [5.74, 6) is -0.193. The molecule has 1 unspecified atom stereocenters. The van der Waals surface area contributed by atoms with Crippen LogP contribution in [0.2, 0.25) is 0 Å². The molecule has 1 N–H and O–H groups in total. The van der Waals surface area contributed by atoms with Crippen molar-refractivity contribution in [3.8, 4) is 0 Å². The number of aromatic nitrogens is 2. The van der Waals surface area contributed by atoms with Gasteiger partial charge in [-0.1, -0.05) is 13.0 Å². The number of likely N-dealkylation sites (N-methyl/N-ethyl adjacent to an activating group) is 1. The first-order valence-corrected chi connectivity index (χ1v) is 6.87. The van der Waals surface area contributed by atoms with E-state index in [0.29, 0.717) is 0 Å². The van der Waals surface area contributed by atoms with E-state index >= 15 is 0 Å². The first-order valence-electron chi connectivity index (χ1n) is 6.87. The standard InChI is InChI=1S/C16H20FN3/c1-4-18-15(16-10-19-12(3)9-20-16)8-13-5-6-14(17)7-11(13)2/h5-7,9-10,15,18H,4,8H2,1-3H3. The molecule has 1 aromatic heterocycles. The zero-order chi connectivity index (χ0) is 14.5. The lowest BCUT2D eigenvalue weighted by molar-refractivity contribution is 0.532. The van der Waals surface area contributed by atoms with E-state index in [9.17, 15) is 4.39 Å². The van der Waals surface area contributed by atoms with Crippen LogP contribution < -0.4 is 5.32 Å². The summed E-state index contributed by atoms with van der Waals surface area (Å²) in [6.07, 6.45) is 4.36. The molecule has 1 atom stereocenters. The van der Waals surface area contributed by atoms with Gasteiger partial charge in [0.25, 0.3) is 0 Å². The Labute approximate surface area is 119 Å². The fourth-order valence-electron chi connectivity index (χ4n) is 2.22. The Bertz CT molecular complexity index is 566. The predicted octanol–water partition coefficient (Wildman–Crippen LogP) is 3.13. The van der Waals surface area contributed by atoms with Gasteiger partial charge in [-0.2, -0.15) is 0 Å². The van der Waals surface area contributed by atoms with Gasteiger partial charge in [-0.3, -0.25) is 9.97 Å². The molecule has 106 valence electrons. The second-order valence-corrected chi connectivity index (χ2v) is 4.97. The molecule has 0 amide bonds. The van der Waals surface area contributed by atoms with Crippen LogP contribution in [0.1, 0.15) is 35.5 Å². The molecule has 0 aliphatic heterocycles. The molecule has 0 fully saturated rings. The highest BCUT2D eigenvalue weighted by atomic mass is 19.1. The van der Waals surface area contributed by atoms with E-state index in [2.05, 4.69) is 22.2 Å². The quantitative estimate of drug-likeness (QED) is 0.909. The van der Waals surface area contributed by atoms with Crippen molar-refractivity contribution in [2.24, 2.45) is 0 Å². The lowest BCUT2D eigenvalue weighted by Gasteiger charge is -2.18. The molecule has 0 saturated carbocycles. The molecule has 0 radical (unpaired) electrons. The monoisotopic (exact) mass is 273 g/mol. The second-order valence-electron chi connectivity index (χ2n) is 4.97. The van der Waals surface area contributed by atoms with Gasteiger partial charge in [-0.05, 0) is 50.1 Å². The summed E-state index contributed by atoms with van der Waals surface area (Å²) >= 11 is 0. The maximum Gasteiger partial charge on any atom is 0.123 e. The first-order chi connectivity index (χ1) is 9.60. The van der Waals surface area contributed by atoms with Crippen LogP contribution in [0.25, 0.3) is 0 Å². The van der Waals surface area contributed by atoms with Crippen molar-refractivity contribution in [3.05, 3.63) is 58.9 Å². The van der Waals surface area contributed by atoms with Crippen molar-refractivity contribution >= 4 is 0 Å². The van der Waals surface area contributed by atoms with E-state index < -0.39 is 0 Å². The molecule has 1 heterocycles. The van der Waals surface area contributed by atoms with E-state index in [0.717, 1.165) is 35.5 Å². The molecular weight excluding hydrogens is 253 g/mol. The molecule has 3 nitrogen and oxygen atoms in total. The van der Waals surface area contributed by atoms with E-state index in [1.54, 1.807) is 12.3 Å². The molecule has 2 aromatic rings. The molecule has 0 saturated heterocycles. The molecule has 0 aliphatic rings. The second kappa shape index (κ2) is 6.57. The Balaban J connectivity index is 2.22. The first kappa shape index (κ1) is 14.6. The summed E-state index contributed by atoms with van der Waals surface area (Å²) in [4.78, 5) is 8.74. The van der Waals surface area contributed by atoms with Gasteiger partial charge < -0.3 is 5.32 Å². The fourth-order valence-corrected chi connectivity index (χ4v) is 2.22. The van der Waals surface area contributed by atoms with Crippen LogP contribution in [0.3, 0.4) is 0 Å². The van der Waals surface area contributed by atoms with Crippen LogP contribution in [0.5, 0.6) is 0 Å². The van der Waals surface area contributed by atoms with Gasteiger partial charge in [0.2, 0.25) is 0 Å². The van der Waals surface area contributed by atoms with Crippen LogP contribution >= 0.6 is 0 Å². The van der Waals surface area contributed by atoms with Crippen LogP contribution in [0.15, 0.2) is 30.6 Å². The molecule has 4 heteroatoms. The van der Waals surface area contributed by atoms with E-state index in [1.807, 2.05) is 26.1 Å². The number of nitrogens with zero attached hydrogens (tertiary/aromatic N) is 2. The maximum absolute atomic E-state index is 13.2. The molecular formula is C16H20FN3. The van der Waals surface area contributed by atoms with Crippen molar-refractivity contribution < 1.29 is 4.39 Å². The Morgan fingerprint density at radius 2 is 2.00 bits per heavy atom. The third kappa shape index (κ3) is 3.61. The summed E-state index contributed by atoms with van der Waals surface area (Å²) in [6.45, 7) is 6.76. The minimum atomic E-state index is -0.193. The van der Waals surface area contributed by atoms with Crippen molar-refractivity contribution in [1.29, 1.82) is 0 Å². The lowest BCUT2D eigenvalue weighted by Crippen LogP contribution is -2.24. The lowest BCUT2D eigenvalue weighted by atomic mass is 9.99. The number of nitrogens with one attached hydrogen (secondary N) is 1. The number of aryl methyl sites for hydroxylation is 2. The Hall–Kier alpha value is -1.81. The summed E-state index contributed by atoms with van der Waals surface area (Å²) in [6, 6.07) is 5.01. The van der Waals surface area contributed by atoms with Gasteiger partial charge in [-0.25, -0.2) is 4.39 Å². The van der Waals surface area contributed by atoms with Gasteiger partial charge in [0.1, 0.15) is 5.82 Å².